The molecule has 0 radical (unpaired) electrons. The second kappa shape index (κ2) is 6.74. The van der Waals surface area contributed by atoms with Crippen LogP contribution in [-0.4, -0.2) is 27.8 Å². The minimum Gasteiger partial charge on any atom is -0.496 e. The van der Waals surface area contributed by atoms with Crippen LogP contribution in [0.15, 0.2) is 12.3 Å². The van der Waals surface area contributed by atoms with Crippen molar-refractivity contribution in [1.29, 1.82) is 0 Å². The van der Waals surface area contributed by atoms with E-state index in [4.69, 9.17) is 4.74 Å². The Labute approximate surface area is 155 Å². The molecule has 1 amide bonds. The maximum absolute atomic E-state index is 12.6. The van der Waals surface area contributed by atoms with E-state index >= 15 is 0 Å². The summed E-state index contributed by atoms with van der Waals surface area (Å²) in [4.78, 5) is 17.1. The first-order valence-corrected chi connectivity index (χ1v) is 9.10. The van der Waals surface area contributed by atoms with Crippen LogP contribution in [0, 0.1) is 13.8 Å². The summed E-state index contributed by atoms with van der Waals surface area (Å²) in [5.41, 5.74) is 4.23. The normalized spacial score (nSPS) is 14.4. The smallest absolute Gasteiger partial charge is 0.272 e. The monoisotopic (exact) mass is 356 g/mol. The zero-order valence-corrected chi connectivity index (χ0v) is 16.5. The lowest BCUT2D eigenvalue weighted by Crippen LogP contribution is -2.27. The van der Waals surface area contributed by atoms with E-state index in [9.17, 15) is 4.79 Å². The number of hydrogen-bond acceptors (Lipinski definition) is 4. The lowest BCUT2D eigenvalue weighted by molar-refractivity contribution is 0.0943. The Kier molecular flexibility index (Phi) is 4.78. The molecule has 0 spiro atoms. The van der Waals surface area contributed by atoms with Crippen LogP contribution in [0.2, 0.25) is 0 Å². The fourth-order valence-corrected chi connectivity index (χ4v) is 3.22. The molecule has 1 fully saturated rings. The molecule has 2 aromatic rings. The molecule has 0 unspecified atom stereocenters. The number of amides is 1. The second-order valence-electron chi connectivity index (χ2n) is 8.04. The van der Waals surface area contributed by atoms with Gasteiger partial charge in [0.15, 0.2) is 0 Å². The van der Waals surface area contributed by atoms with Gasteiger partial charge in [0.25, 0.3) is 5.91 Å². The van der Waals surface area contributed by atoms with Gasteiger partial charge in [0, 0.05) is 28.9 Å². The molecule has 2 aromatic heterocycles. The standard InChI is InChI=1S/C20H28N4O2/c1-12-10-21-16(13(2)18(12)26-6)11-22-19(25)15-9-17(14-7-8-14)24(23-15)20(3,4)5/h9-10,14H,7-8,11H2,1-6H3,(H,22,25). The van der Waals surface area contributed by atoms with E-state index in [0.717, 1.165) is 28.3 Å². The van der Waals surface area contributed by atoms with E-state index in [1.54, 1.807) is 13.3 Å². The maximum Gasteiger partial charge on any atom is 0.272 e. The fourth-order valence-electron chi connectivity index (χ4n) is 3.22. The summed E-state index contributed by atoms with van der Waals surface area (Å²) in [7, 11) is 1.65. The SMILES string of the molecule is COc1c(C)cnc(CNC(=O)c2cc(C3CC3)n(C(C)(C)C)n2)c1C. The van der Waals surface area contributed by atoms with Crippen LogP contribution in [0.3, 0.4) is 0 Å². The zero-order valence-electron chi connectivity index (χ0n) is 16.5. The molecular weight excluding hydrogens is 328 g/mol. The first-order chi connectivity index (χ1) is 12.2. The maximum atomic E-state index is 12.6. The van der Waals surface area contributed by atoms with Crippen molar-refractivity contribution in [2.24, 2.45) is 0 Å². The van der Waals surface area contributed by atoms with Gasteiger partial charge in [-0.1, -0.05) is 0 Å². The molecule has 0 bridgehead atoms. The molecule has 3 rings (SSSR count). The van der Waals surface area contributed by atoms with Crippen LogP contribution in [-0.2, 0) is 12.1 Å². The molecule has 1 N–H and O–H groups in total. The molecule has 26 heavy (non-hydrogen) atoms. The Balaban J connectivity index is 1.77. The number of carbonyl (C=O) groups excluding carboxylic acids is 1. The molecule has 1 aliphatic carbocycles. The number of aryl methyl sites for hydroxylation is 1. The number of carbonyl (C=O) groups is 1. The Morgan fingerprint density at radius 2 is 2.04 bits per heavy atom. The fraction of sp³-hybridized carbons (Fsp3) is 0.550. The van der Waals surface area contributed by atoms with Crippen molar-refractivity contribution >= 4 is 5.91 Å². The minimum absolute atomic E-state index is 0.140. The number of nitrogens with zero attached hydrogens (tertiary/aromatic N) is 3. The van der Waals surface area contributed by atoms with E-state index in [2.05, 4.69) is 36.2 Å². The first kappa shape index (κ1) is 18.4. The van der Waals surface area contributed by atoms with E-state index < -0.39 is 0 Å². The van der Waals surface area contributed by atoms with Crippen molar-refractivity contribution in [3.8, 4) is 5.75 Å². The zero-order chi connectivity index (χ0) is 19.1. The van der Waals surface area contributed by atoms with Gasteiger partial charge in [-0.15, -0.1) is 0 Å². The van der Waals surface area contributed by atoms with E-state index in [1.165, 1.54) is 12.8 Å². The van der Waals surface area contributed by atoms with Gasteiger partial charge in [0.2, 0.25) is 0 Å². The van der Waals surface area contributed by atoms with Crippen LogP contribution < -0.4 is 10.1 Å². The van der Waals surface area contributed by atoms with Crippen LogP contribution in [0.5, 0.6) is 5.75 Å². The Morgan fingerprint density at radius 1 is 1.35 bits per heavy atom. The molecule has 0 aromatic carbocycles. The van der Waals surface area contributed by atoms with Gasteiger partial charge < -0.3 is 10.1 Å². The Hall–Kier alpha value is -2.37. The van der Waals surface area contributed by atoms with Gasteiger partial charge in [-0.25, -0.2) is 0 Å². The average Bonchev–Trinajstić information content (AvgIpc) is 3.31. The molecule has 6 heteroatoms. The minimum atomic E-state index is -0.171. The number of aromatic nitrogens is 3. The molecular formula is C20H28N4O2. The Morgan fingerprint density at radius 3 is 2.62 bits per heavy atom. The molecule has 0 atom stereocenters. The molecule has 6 nitrogen and oxygen atoms in total. The molecule has 140 valence electrons. The average molecular weight is 356 g/mol. The highest BCUT2D eigenvalue weighted by Gasteiger charge is 2.32. The summed E-state index contributed by atoms with van der Waals surface area (Å²) in [6.45, 7) is 10.6. The molecule has 0 aliphatic heterocycles. The van der Waals surface area contributed by atoms with Crippen molar-refractivity contribution < 1.29 is 9.53 Å². The summed E-state index contributed by atoms with van der Waals surface area (Å²) < 4.78 is 7.43. The van der Waals surface area contributed by atoms with Crippen LogP contribution in [0.4, 0.5) is 0 Å². The third-order valence-corrected chi connectivity index (χ3v) is 4.77. The predicted molar refractivity (Wildman–Crippen MR) is 101 cm³/mol. The van der Waals surface area contributed by atoms with Gasteiger partial charge in [0.1, 0.15) is 11.4 Å². The Bertz CT molecular complexity index is 829. The number of ether oxygens (including phenoxy) is 1. The number of pyridine rings is 1. The lowest BCUT2D eigenvalue weighted by Gasteiger charge is -2.22. The number of methoxy groups -OCH3 is 1. The highest BCUT2D eigenvalue weighted by atomic mass is 16.5. The summed E-state index contributed by atoms with van der Waals surface area (Å²) in [6, 6.07) is 1.94. The molecule has 1 saturated carbocycles. The summed E-state index contributed by atoms with van der Waals surface area (Å²) in [6.07, 6.45) is 4.12. The summed E-state index contributed by atoms with van der Waals surface area (Å²) in [5, 5.41) is 7.53. The van der Waals surface area contributed by atoms with Gasteiger partial charge in [-0.05, 0) is 53.5 Å². The van der Waals surface area contributed by atoms with Gasteiger partial charge in [-0.2, -0.15) is 5.10 Å². The van der Waals surface area contributed by atoms with Crippen LogP contribution in [0.25, 0.3) is 0 Å². The van der Waals surface area contributed by atoms with Crippen molar-refractivity contribution in [3.05, 3.63) is 40.5 Å². The molecule has 2 heterocycles. The predicted octanol–water partition coefficient (Wildman–Crippen LogP) is 3.47. The second-order valence-corrected chi connectivity index (χ2v) is 8.04. The van der Waals surface area contributed by atoms with E-state index in [-0.39, 0.29) is 11.4 Å². The molecule has 0 saturated heterocycles. The van der Waals surface area contributed by atoms with Gasteiger partial charge in [0.05, 0.1) is 24.9 Å². The van der Waals surface area contributed by atoms with Gasteiger partial charge in [-0.3, -0.25) is 14.5 Å². The number of rotatable bonds is 5. The quantitative estimate of drug-likeness (QED) is 0.891. The van der Waals surface area contributed by atoms with Gasteiger partial charge >= 0.3 is 0 Å². The van der Waals surface area contributed by atoms with E-state index in [1.807, 2.05) is 24.6 Å². The summed E-state index contributed by atoms with van der Waals surface area (Å²) in [5.74, 6) is 1.18. The van der Waals surface area contributed by atoms with Crippen molar-refractivity contribution in [1.82, 2.24) is 20.1 Å². The summed E-state index contributed by atoms with van der Waals surface area (Å²) >= 11 is 0. The highest BCUT2D eigenvalue weighted by Crippen LogP contribution is 2.41. The van der Waals surface area contributed by atoms with Crippen LogP contribution >= 0.6 is 0 Å². The van der Waals surface area contributed by atoms with E-state index in [0.29, 0.717) is 18.2 Å². The third kappa shape index (κ3) is 3.59. The number of hydrogen-bond donors (Lipinski definition) is 1. The number of nitrogens with one attached hydrogen (secondary N) is 1. The molecule has 1 aliphatic rings. The van der Waals surface area contributed by atoms with Crippen molar-refractivity contribution in [2.45, 2.75) is 65.5 Å². The highest BCUT2D eigenvalue weighted by molar-refractivity contribution is 5.92. The largest absolute Gasteiger partial charge is 0.496 e. The topological polar surface area (TPSA) is 69.0 Å². The van der Waals surface area contributed by atoms with Crippen molar-refractivity contribution in [2.75, 3.05) is 7.11 Å². The lowest BCUT2D eigenvalue weighted by atomic mass is 10.1. The first-order valence-electron chi connectivity index (χ1n) is 9.10. The van der Waals surface area contributed by atoms with Crippen molar-refractivity contribution in [3.63, 3.8) is 0 Å². The third-order valence-electron chi connectivity index (χ3n) is 4.77. The van der Waals surface area contributed by atoms with Crippen LogP contribution in [0.1, 0.15) is 72.5 Å².